The molecule has 6 heteroatoms. The Balaban J connectivity index is 0.959. The van der Waals surface area contributed by atoms with Crippen LogP contribution in [0, 0.1) is 0 Å². The number of rotatable bonds is 6. The summed E-state index contributed by atoms with van der Waals surface area (Å²) in [6.45, 7) is 13.9. The molecule has 0 amide bonds. The predicted octanol–water partition coefficient (Wildman–Crippen LogP) is 13.5. The van der Waals surface area contributed by atoms with Crippen molar-refractivity contribution >= 4 is 136 Å². The molecular weight excluding hydrogens is 1190 g/mol. The van der Waals surface area contributed by atoms with E-state index in [0.717, 1.165) is 11.4 Å². The van der Waals surface area contributed by atoms with Gasteiger partial charge in [0.15, 0.2) is 0 Å². The minimum absolute atomic E-state index is 0.00676. The van der Waals surface area contributed by atoms with Crippen molar-refractivity contribution in [3.05, 3.63) is 349 Å². The average Bonchev–Trinajstić information content (AvgIpc) is 1.49. The molecule has 2 nitrogen and oxygen atoms in total. The topological polar surface area (TPSA) is 9.86 Å². The lowest BCUT2D eigenvalue weighted by Gasteiger charge is -2.36. The highest BCUT2D eigenvalue weighted by Gasteiger charge is 2.56. The molecule has 0 bridgehead atoms. The molecular formula is C93H70B4N2. The van der Waals surface area contributed by atoms with Crippen LogP contribution in [0.1, 0.15) is 74.9 Å². The van der Waals surface area contributed by atoms with E-state index in [2.05, 4.69) is 366 Å². The zero-order valence-electron chi connectivity index (χ0n) is 56.7. The van der Waals surface area contributed by atoms with Gasteiger partial charge in [-0.15, -0.1) is 0 Å². The van der Waals surface area contributed by atoms with Crippen molar-refractivity contribution in [1.82, 2.24) is 9.13 Å². The maximum Gasteiger partial charge on any atom is 0.240 e. The smallest absolute Gasteiger partial charge is 0.240 e. The predicted molar refractivity (Wildman–Crippen MR) is 426 cm³/mol. The van der Waals surface area contributed by atoms with Gasteiger partial charge >= 0.3 is 0 Å². The molecule has 4 aliphatic rings. The Hall–Kier alpha value is -11.1. The number of aromatic nitrogens is 2. The van der Waals surface area contributed by atoms with Crippen LogP contribution in [0.2, 0.25) is 0 Å². The lowest BCUT2D eigenvalue weighted by atomic mass is 9.20. The third-order valence-corrected chi connectivity index (χ3v) is 23.3. The van der Waals surface area contributed by atoms with E-state index in [9.17, 15) is 0 Å². The van der Waals surface area contributed by atoms with Crippen LogP contribution in [0.15, 0.2) is 315 Å². The zero-order chi connectivity index (χ0) is 66.2. The molecule has 16 aromatic rings. The van der Waals surface area contributed by atoms with E-state index < -0.39 is 5.41 Å². The minimum atomic E-state index is -0.776. The molecule has 14 aromatic carbocycles. The van der Waals surface area contributed by atoms with Gasteiger partial charge in [0.1, 0.15) is 0 Å². The molecule has 0 N–H and O–H groups in total. The van der Waals surface area contributed by atoms with Crippen LogP contribution in [-0.4, -0.2) is 36.0 Å². The summed E-state index contributed by atoms with van der Waals surface area (Å²) in [6.07, 6.45) is 0. The van der Waals surface area contributed by atoms with Crippen LogP contribution in [-0.2, 0) is 16.2 Å². The molecule has 0 saturated heterocycles. The van der Waals surface area contributed by atoms with Crippen LogP contribution in [0.5, 0.6) is 0 Å². The largest absolute Gasteiger partial charge is 0.309 e. The van der Waals surface area contributed by atoms with E-state index in [0.29, 0.717) is 0 Å². The van der Waals surface area contributed by atoms with Crippen LogP contribution in [0.25, 0.3) is 77.2 Å². The quantitative estimate of drug-likeness (QED) is 0.147. The second-order valence-corrected chi connectivity index (χ2v) is 30.5. The van der Waals surface area contributed by atoms with Gasteiger partial charge in [-0.1, -0.05) is 362 Å². The Morgan fingerprint density at radius 1 is 0.253 bits per heavy atom. The molecule has 4 heterocycles. The van der Waals surface area contributed by atoms with Crippen molar-refractivity contribution in [3.63, 3.8) is 0 Å². The van der Waals surface area contributed by atoms with Crippen molar-refractivity contribution in [1.29, 1.82) is 0 Å². The van der Waals surface area contributed by atoms with Gasteiger partial charge in [-0.2, -0.15) is 0 Å². The van der Waals surface area contributed by atoms with Crippen LogP contribution >= 0.6 is 0 Å². The van der Waals surface area contributed by atoms with E-state index in [1.165, 1.54) is 165 Å². The number of benzene rings is 14. The van der Waals surface area contributed by atoms with Crippen molar-refractivity contribution in [2.45, 2.75) is 57.8 Å². The molecule has 1 spiro atoms. The van der Waals surface area contributed by atoms with E-state index in [4.69, 9.17) is 0 Å². The van der Waals surface area contributed by atoms with Crippen molar-refractivity contribution in [2.75, 3.05) is 0 Å². The summed E-state index contributed by atoms with van der Waals surface area (Å²) >= 11 is 0. The maximum absolute atomic E-state index is 2.63. The first-order valence-electron chi connectivity index (χ1n) is 35.5. The van der Waals surface area contributed by atoms with Gasteiger partial charge in [0.05, 0.1) is 27.5 Å². The summed E-state index contributed by atoms with van der Waals surface area (Å²) in [6, 6.07) is 123. The fraction of sp³-hybridized carbons (Fsp3) is 0.0968. The number of para-hydroxylation sites is 2. The zero-order valence-corrected chi connectivity index (χ0v) is 56.7. The Morgan fingerprint density at radius 2 is 0.566 bits per heavy atom. The monoisotopic (exact) mass is 1260 g/mol. The average molecular weight is 1260 g/mol. The number of fused-ring (bicyclic) bond motifs is 22. The second-order valence-electron chi connectivity index (χ2n) is 30.5. The SMILES string of the molecule is CC(C)(C)c1ccc2c(c1)c1cc(C(C)(C)C)ccc1n2-c1ccc2c(c1)-c1c(ccc3c1B(c1ccccc1)c1ccccc1B3c1ccccc1)C21c2ccc(-n3c4ccccc4c4ccccc43)cc2-c2c1ccc1c2B(c2ccccc2)c2ccccc2B1c1ccccc1. The fourth-order valence-corrected chi connectivity index (χ4v) is 19.0. The van der Waals surface area contributed by atoms with Crippen LogP contribution in [0.3, 0.4) is 0 Å². The summed E-state index contributed by atoms with van der Waals surface area (Å²) < 4.78 is 5.13. The highest BCUT2D eigenvalue weighted by molar-refractivity contribution is 7.12. The third kappa shape index (κ3) is 8.30. The van der Waals surface area contributed by atoms with Gasteiger partial charge in [-0.05, 0) is 127 Å². The summed E-state index contributed by atoms with van der Waals surface area (Å²) in [4.78, 5) is 0. The molecule has 0 saturated carbocycles. The fourth-order valence-electron chi connectivity index (χ4n) is 19.0. The first-order chi connectivity index (χ1) is 48.4. The highest BCUT2D eigenvalue weighted by Crippen LogP contribution is 2.63. The summed E-state index contributed by atoms with van der Waals surface area (Å²) in [7, 11) is 0. The Kier molecular flexibility index (Phi) is 12.6. The van der Waals surface area contributed by atoms with E-state index in [1.54, 1.807) is 0 Å². The lowest BCUT2D eigenvalue weighted by molar-refractivity contribution is 0.590. The number of hydrogen-bond acceptors (Lipinski definition) is 0. The number of nitrogens with zero attached hydrogens (tertiary/aromatic N) is 2. The van der Waals surface area contributed by atoms with E-state index >= 15 is 0 Å². The molecule has 2 aliphatic carbocycles. The Labute approximate surface area is 581 Å². The molecule has 1 unspecified atom stereocenters. The molecule has 0 fully saturated rings. The Morgan fingerprint density at radius 3 is 0.939 bits per heavy atom. The summed E-state index contributed by atoms with van der Waals surface area (Å²) in [5.74, 6) is 0. The van der Waals surface area contributed by atoms with Crippen molar-refractivity contribution in [3.8, 4) is 33.6 Å². The molecule has 2 aromatic heterocycles. The maximum atomic E-state index is 2.63. The second kappa shape index (κ2) is 21.5. The summed E-state index contributed by atoms with van der Waals surface area (Å²) in [5.41, 5.74) is 35.7. The van der Waals surface area contributed by atoms with Crippen molar-refractivity contribution < 1.29 is 0 Å². The third-order valence-electron chi connectivity index (χ3n) is 23.3. The van der Waals surface area contributed by atoms with Gasteiger partial charge in [0.2, 0.25) is 26.9 Å². The normalized spacial score (nSPS) is 14.9. The van der Waals surface area contributed by atoms with Gasteiger partial charge in [0, 0.05) is 32.9 Å². The first-order valence-corrected chi connectivity index (χ1v) is 35.5. The highest BCUT2D eigenvalue weighted by atomic mass is 15.0. The standard InChI is InChI=1S/C93H70B4N2/c1-91(2,3)59-43-53-85-69(55-59)70-56-60(92(4,5)6)44-54-86(70)99(85)66-46-48-74-72(58-66)88-76(50-52-82-90(88)97(64-33-17-10-18-34-64)80-40-24-22-38-78(80)95(82)62-29-13-8-14-30-62)93(74)73-47-45-65(98-83-41-25-19-35-67(83)68-36-20-26-42-84(68)98)57-71(73)87-75(93)49-51-81-89(87)96(63-31-15-9-16-32-63)79-39-23-21-37-77(79)94(81)61-27-11-7-12-28-61/h7-58H,1-6H3. The molecule has 2 aliphatic heterocycles. The molecule has 464 valence electrons. The molecule has 99 heavy (non-hydrogen) atoms. The van der Waals surface area contributed by atoms with Gasteiger partial charge < -0.3 is 9.13 Å². The molecule has 1 atom stereocenters. The van der Waals surface area contributed by atoms with Gasteiger partial charge in [-0.25, -0.2) is 0 Å². The minimum Gasteiger partial charge on any atom is -0.309 e. The van der Waals surface area contributed by atoms with Crippen molar-refractivity contribution in [2.24, 2.45) is 0 Å². The first kappa shape index (κ1) is 58.1. The summed E-state index contributed by atoms with van der Waals surface area (Å²) in [5, 5.41) is 5.08. The molecule has 0 radical (unpaired) electrons. The number of hydrogen-bond donors (Lipinski definition) is 0. The van der Waals surface area contributed by atoms with E-state index in [-0.39, 0.29) is 37.7 Å². The lowest BCUT2D eigenvalue weighted by Crippen LogP contribution is -2.75. The van der Waals surface area contributed by atoms with E-state index in [1.807, 2.05) is 0 Å². The van der Waals surface area contributed by atoms with Gasteiger partial charge in [0.25, 0.3) is 0 Å². The Bertz CT molecular complexity index is 5910. The van der Waals surface area contributed by atoms with Gasteiger partial charge in [-0.3, -0.25) is 0 Å². The van der Waals surface area contributed by atoms with Crippen LogP contribution in [0.4, 0.5) is 0 Å². The molecule has 20 rings (SSSR count). The van der Waals surface area contributed by atoms with Crippen LogP contribution < -0.4 is 65.6 Å².